The minimum absolute atomic E-state index is 0.0596. The van der Waals surface area contributed by atoms with Gasteiger partial charge in [-0.25, -0.2) is 0 Å². The zero-order valence-electron chi connectivity index (χ0n) is 13.6. The van der Waals surface area contributed by atoms with Gasteiger partial charge in [-0.05, 0) is 43.8 Å². The summed E-state index contributed by atoms with van der Waals surface area (Å²) < 4.78 is 0. The fourth-order valence-corrected chi connectivity index (χ4v) is 4.09. The molecule has 1 N–H and O–H groups in total. The standard InChI is InChI=1S/C23H16O2/c24-23(25)13-14-4-7-18-16(12-14)6-9-22-20(18)11-10-19-17-3-1-2-15(17)5-8-21(19)22/h1-12,17H,13H2,(H,24,25). The van der Waals surface area contributed by atoms with E-state index in [-0.39, 0.29) is 6.42 Å². The smallest absolute Gasteiger partial charge is 0.307 e. The first-order valence-electron chi connectivity index (χ1n) is 8.47. The molecule has 0 saturated carbocycles. The maximum absolute atomic E-state index is 11.0. The molecule has 2 nitrogen and oxygen atoms in total. The van der Waals surface area contributed by atoms with Gasteiger partial charge in [0, 0.05) is 5.92 Å². The van der Waals surface area contributed by atoms with E-state index < -0.39 is 5.97 Å². The molecule has 3 aromatic rings. The van der Waals surface area contributed by atoms with E-state index in [0.29, 0.717) is 5.92 Å². The Hall–Kier alpha value is -3.13. The largest absolute Gasteiger partial charge is 0.481 e. The zero-order valence-corrected chi connectivity index (χ0v) is 13.6. The van der Waals surface area contributed by atoms with Crippen molar-refractivity contribution in [2.75, 3.05) is 0 Å². The number of carboxylic acids is 1. The summed E-state index contributed by atoms with van der Waals surface area (Å²) in [5, 5.41) is 13.7. The number of carboxylic acid groups (broad SMARTS) is 1. The summed E-state index contributed by atoms with van der Waals surface area (Å²) >= 11 is 0. The summed E-state index contributed by atoms with van der Waals surface area (Å²) in [6, 6.07) is 14.7. The van der Waals surface area contributed by atoms with Crippen molar-refractivity contribution in [3.63, 3.8) is 0 Å². The predicted octanol–water partition coefficient (Wildman–Crippen LogP) is 5.23. The molecule has 2 heteroatoms. The SMILES string of the molecule is O=C(O)Cc1ccc2c(ccc3c4c(ccc32)C2C=CC=C2C=C4)c1. The van der Waals surface area contributed by atoms with E-state index in [4.69, 9.17) is 5.11 Å². The first kappa shape index (κ1) is 14.2. The predicted molar refractivity (Wildman–Crippen MR) is 102 cm³/mol. The first-order valence-corrected chi connectivity index (χ1v) is 8.47. The van der Waals surface area contributed by atoms with Gasteiger partial charge in [0.1, 0.15) is 0 Å². The van der Waals surface area contributed by atoms with Crippen molar-refractivity contribution in [2.45, 2.75) is 12.3 Å². The van der Waals surface area contributed by atoms with Gasteiger partial charge in [0.2, 0.25) is 0 Å². The Morgan fingerprint density at radius 1 is 0.960 bits per heavy atom. The number of carbonyl (C=O) groups is 1. The second-order valence-electron chi connectivity index (χ2n) is 6.72. The Labute approximate surface area is 145 Å². The number of fused-ring (bicyclic) bond motifs is 7. The van der Waals surface area contributed by atoms with Crippen LogP contribution < -0.4 is 0 Å². The quantitative estimate of drug-likeness (QED) is 0.656. The number of hydrogen-bond donors (Lipinski definition) is 1. The van der Waals surface area contributed by atoms with Crippen LogP contribution in [-0.2, 0) is 11.2 Å². The third-order valence-electron chi connectivity index (χ3n) is 5.24. The van der Waals surface area contributed by atoms with Crippen molar-refractivity contribution in [2.24, 2.45) is 0 Å². The highest BCUT2D eigenvalue weighted by atomic mass is 16.4. The van der Waals surface area contributed by atoms with Crippen LogP contribution in [0.25, 0.3) is 27.6 Å². The fraction of sp³-hybridized carbons (Fsp3) is 0.0870. The summed E-state index contributed by atoms with van der Waals surface area (Å²) in [7, 11) is 0. The van der Waals surface area contributed by atoms with E-state index >= 15 is 0 Å². The molecule has 2 aliphatic rings. The number of rotatable bonds is 2. The molecule has 1 unspecified atom stereocenters. The van der Waals surface area contributed by atoms with E-state index in [9.17, 15) is 4.79 Å². The molecule has 2 aliphatic carbocycles. The van der Waals surface area contributed by atoms with Gasteiger partial charge >= 0.3 is 5.97 Å². The maximum Gasteiger partial charge on any atom is 0.307 e. The summed E-state index contributed by atoms with van der Waals surface area (Å²) in [5.74, 6) is -0.425. The lowest BCUT2D eigenvalue weighted by Gasteiger charge is -2.21. The molecule has 0 aliphatic heterocycles. The third kappa shape index (κ3) is 2.14. The van der Waals surface area contributed by atoms with Crippen LogP contribution in [0.2, 0.25) is 0 Å². The summed E-state index contributed by atoms with van der Waals surface area (Å²) in [4.78, 5) is 11.0. The van der Waals surface area contributed by atoms with Crippen LogP contribution in [0, 0.1) is 0 Å². The van der Waals surface area contributed by atoms with Crippen molar-refractivity contribution in [3.8, 4) is 0 Å². The highest BCUT2D eigenvalue weighted by Crippen LogP contribution is 2.41. The number of hydrogen-bond acceptors (Lipinski definition) is 1. The highest BCUT2D eigenvalue weighted by Gasteiger charge is 2.22. The molecular formula is C23H16O2. The number of aliphatic carboxylic acids is 1. The lowest BCUT2D eigenvalue weighted by Crippen LogP contribution is -2.03. The molecule has 1 atom stereocenters. The van der Waals surface area contributed by atoms with Crippen molar-refractivity contribution < 1.29 is 9.90 Å². The molecule has 0 amide bonds. The maximum atomic E-state index is 11.0. The average molecular weight is 324 g/mol. The van der Waals surface area contributed by atoms with Crippen LogP contribution in [0.1, 0.15) is 22.6 Å². The van der Waals surface area contributed by atoms with Gasteiger partial charge in [-0.3, -0.25) is 4.79 Å². The second-order valence-corrected chi connectivity index (χ2v) is 6.72. The summed E-state index contributed by atoms with van der Waals surface area (Å²) in [6.07, 6.45) is 11.1. The van der Waals surface area contributed by atoms with Gasteiger partial charge in [-0.1, -0.05) is 72.8 Å². The summed E-state index contributed by atoms with van der Waals surface area (Å²) in [6.45, 7) is 0. The number of allylic oxidation sites excluding steroid dienone is 5. The van der Waals surface area contributed by atoms with Crippen molar-refractivity contribution >= 4 is 33.6 Å². The molecule has 0 spiro atoms. The molecule has 5 rings (SSSR count). The molecule has 0 bridgehead atoms. The molecule has 0 saturated heterocycles. The molecule has 3 aromatic carbocycles. The Balaban J connectivity index is 1.74. The van der Waals surface area contributed by atoms with E-state index in [2.05, 4.69) is 60.7 Å². The third-order valence-corrected chi connectivity index (χ3v) is 5.24. The normalized spacial score (nSPS) is 17.6. The Kier molecular flexibility index (Phi) is 2.95. The minimum Gasteiger partial charge on any atom is -0.481 e. The Bertz CT molecular complexity index is 1150. The molecule has 120 valence electrons. The van der Waals surface area contributed by atoms with Crippen LogP contribution in [0.5, 0.6) is 0 Å². The average Bonchev–Trinajstić information content (AvgIpc) is 3.09. The van der Waals surface area contributed by atoms with Crippen LogP contribution in [0.4, 0.5) is 0 Å². The first-order chi connectivity index (χ1) is 12.2. The van der Waals surface area contributed by atoms with Crippen LogP contribution in [-0.4, -0.2) is 11.1 Å². The Morgan fingerprint density at radius 2 is 1.80 bits per heavy atom. The lowest BCUT2D eigenvalue weighted by molar-refractivity contribution is -0.136. The molecule has 0 fully saturated rings. The van der Waals surface area contributed by atoms with E-state index in [1.165, 1.54) is 32.9 Å². The van der Waals surface area contributed by atoms with Crippen molar-refractivity contribution in [1.82, 2.24) is 0 Å². The molecule has 0 radical (unpaired) electrons. The molecule has 0 heterocycles. The van der Waals surface area contributed by atoms with E-state index in [1.807, 2.05) is 12.1 Å². The van der Waals surface area contributed by atoms with Crippen LogP contribution >= 0.6 is 0 Å². The molecule has 25 heavy (non-hydrogen) atoms. The monoisotopic (exact) mass is 324 g/mol. The molecule has 0 aromatic heterocycles. The van der Waals surface area contributed by atoms with Crippen LogP contribution in [0.3, 0.4) is 0 Å². The van der Waals surface area contributed by atoms with Gasteiger partial charge in [0.05, 0.1) is 6.42 Å². The highest BCUT2D eigenvalue weighted by molar-refractivity contribution is 6.10. The van der Waals surface area contributed by atoms with Crippen molar-refractivity contribution in [3.05, 3.63) is 89.0 Å². The second kappa shape index (κ2) is 5.18. The topological polar surface area (TPSA) is 37.3 Å². The van der Waals surface area contributed by atoms with Gasteiger partial charge in [0.15, 0.2) is 0 Å². The van der Waals surface area contributed by atoms with E-state index in [1.54, 1.807) is 0 Å². The van der Waals surface area contributed by atoms with Gasteiger partial charge in [-0.15, -0.1) is 0 Å². The minimum atomic E-state index is -0.798. The van der Waals surface area contributed by atoms with Gasteiger partial charge < -0.3 is 5.11 Å². The van der Waals surface area contributed by atoms with E-state index in [0.717, 1.165) is 10.9 Å². The fourth-order valence-electron chi connectivity index (χ4n) is 4.09. The molecular weight excluding hydrogens is 308 g/mol. The van der Waals surface area contributed by atoms with Gasteiger partial charge in [-0.2, -0.15) is 0 Å². The summed E-state index contributed by atoms with van der Waals surface area (Å²) in [5.41, 5.74) is 4.84. The Morgan fingerprint density at radius 3 is 2.68 bits per heavy atom. The van der Waals surface area contributed by atoms with Crippen molar-refractivity contribution in [1.29, 1.82) is 0 Å². The number of benzene rings is 3. The van der Waals surface area contributed by atoms with Crippen LogP contribution in [0.15, 0.2) is 72.3 Å². The van der Waals surface area contributed by atoms with Gasteiger partial charge in [0.25, 0.3) is 0 Å². The lowest BCUT2D eigenvalue weighted by atomic mass is 9.82. The zero-order chi connectivity index (χ0) is 17.0.